The number of nitrogens with zero attached hydrogens (tertiary/aromatic N) is 3. The maximum absolute atomic E-state index is 4.74. The summed E-state index contributed by atoms with van der Waals surface area (Å²) in [4.78, 5) is 12.2. The Morgan fingerprint density at radius 2 is 1.90 bits per heavy atom. The van der Waals surface area contributed by atoms with E-state index >= 15 is 0 Å². The van der Waals surface area contributed by atoms with E-state index in [0.717, 1.165) is 32.0 Å². The quantitative estimate of drug-likeness (QED) is 0.312. The summed E-state index contributed by atoms with van der Waals surface area (Å²) in [5.74, 6) is 0.847. The summed E-state index contributed by atoms with van der Waals surface area (Å²) < 4.78 is 2.06. The number of guanidine groups is 1. The topological polar surface area (TPSA) is 70.0 Å². The Kier molecular flexibility index (Phi) is 6.44. The van der Waals surface area contributed by atoms with Crippen LogP contribution in [0.2, 0.25) is 0 Å². The van der Waals surface area contributed by atoms with Gasteiger partial charge in [-0.2, -0.15) is 0 Å². The third-order valence-corrected chi connectivity index (χ3v) is 5.07. The number of aromatic nitrogens is 3. The molecule has 0 saturated carbocycles. The van der Waals surface area contributed by atoms with Crippen LogP contribution in [0, 0.1) is 0 Å². The van der Waals surface area contributed by atoms with E-state index in [-0.39, 0.29) is 0 Å². The zero-order chi connectivity index (χ0) is 20.6. The van der Waals surface area contributed by atoms with Crippen LogP contribution in [-0.2, 0) is 19.5 Å². The number of H-pyrrole nitrogens is 1. The number of aliphatic imine (C=N–C) groups is 1. The highest BCUT2D eigenvalue weighted by Crippen LogP contribution is 2.17. The van der Waals surface area contributed by atoms with Gasteiger partial charge in [-0.15, -0.1) is 0 Å². The molecular weight excluding hydrogens is 372 g/mol. The monoisotopic (exact) mass is 400 g/mol. The second kappa shape index (κ2) is 9.78. The van der Waals surface area contributed by atoms with Crippen molar-refractivity contribution in [1.29, 1.82) is 0 Å². The number of para-hydroxylation sites is 1. The van der Waals surface area contributed by atoms with Crippen LogP contribution < -0.4 is 10.6 Å². The first-order valence-electron chi connectivity index (χ1n) is 10.4. The van der Waals surface area contributed by atoms with Gasteiger partial charge in [0.25, 0.3) is 0 Å². The van der Waals surface area contributed by atoms with Gasteiger partial charge in [0, 0.05) is 49.1 Å². The highest BCUT2D eigenvalue weighted by molar-refractivity contribution is 5.83. The first kappa shape index (κ1) is 19.8. The third kappa shape index (κ3) is 5.08. The molecule has 6 heteroatoms. The minimum atomic E-state index is 0.647. The van der Waals surface area contributed by atoms with Gasteiger partial charge >= 0.3 is 0 Å². The van der Waals surface area contributed by atoms with Crippen molar-refractivity contribution in [2.24, 2.45) is 4.99 Å². The molecule has 4 aromatic rings. The smallest absolute Gasteiger partial charge is 0.191 e. The van der Waals surface area contributed by atoms with Crippen molar-refractivity contribution in [2.75, 3.05) is 13.1 Å². The molecule has 3 N–H and O–H groups in total. The number of hydrogen-bond acceptors (Lipinski definition) is 2. The lowest BCUT2D eigenvalue weighted by atomic mass is 10.1. The number of nitrogens with one attached hydrogen (secondary N) is 3. The van der Waals surface area contributed by atoms with Crippen molar-refractivity contribution in [1.82, 2.24) is 25.2 Å². The average molecular weight is 401 g/mol. The van der Waals surface area contributed by atoms with Crippen molar-refractivity contribution in [3.05, 3.63) is 90.1 Å². The van der Waals surface area contributed by atoms with Crippen LogP contribution in [-0.4, -0.2) is 33.6 Å². The molecule has 0 unspecified atom stereocenters. The van der Waals surface area contributed by atoms with E-state index in [1.54, 1.807) is 6.20 Å². The Labute approximate surface area is 177 Å². The Balaban J connectivity index is 1.32. The normalized spacial score (nSPS) is 11.7. The highest BCUT2D eigenvalue weighted by atomic mass is 15.2. The fourth-order valence-electron chi connectivity index (χ4n) is 3.51. The maximum atomic E-state index is 4.74. The molecule has 0 aliphatic carbocycles. The number of imidazole rings is 1. The third-order valence-electron chi connectivity index (χ3n) is 5.07. The standard InChI is InChI=1S/C24H28N6/c1-2-26-24(27-12-11-21-16-28-23-6-4-3-5-22(21)23)29-15-19-7-9-20(10-8-19)17-30-14-13-25-18-30/h3-10,13-14,16,18,28H,2,11-12,15,17H2,1H3,(H2,26,27,29). The van der Waals surface area contributed by atoms with E-state index in [1.807, 2.05) is 12.5 Å². The fourth-order valence-corrected chi connectivity index (χ4v) is 3.51. The molecule has 2 aromatic carbocycles. The van der Waals surface area contributed by atoms with Crippen LogP contribution >= 0.6 is 0 Å². The number of benzene rings is 2. The predicted octanol–water partition coefficient (Wildman–Crippen LogP) is 3.71. The van der Waals surface area contributed by atoms with E-state index in [1.165, 1.54) is 27.6 Å². The molecule has 0 saturated heterocycles. The molecule has 6 nitrogen and oxygen atoms in total. The molecule has 0 spiro atoms. The van der Waals surface area contributed by atoms with Crippen molar-refractivity contribution in [3.8, 4) is 0 Å². The molecule has 0 atom stereocenters. The molecule has 30 heavy (non-hydrogen) atoms. The molecule has 0 radical (unpaired) electrons. The molecule has 2 aromatic heterocycles. The zero-order valence-electron chi connectivity index (χ0n) is 17.3. The average Bonchev–Trinajstić information content (AvgIpc) is 3.43. The lowest BCUT2D eigenvalue weighted by Gasteiger charge is -2.11. The van der Waals surface area contributed by atoms with Crippen molar-refractivity contribution in [2.45, 2.75) is 26.4 Å². The van der Waals surface area contributed by atoms with E-state index in [9.17, 15) is 0 Å². The van der Waals surface area contributed by atoms with E-state index in [0.29, 0.717) is 6.54 Å². The van der Waals surface area contributed by atoms with Gasteiger partial charge in [-0.05, 0) is 36.1 Å². The molecule has 0 fully saturated rings. The van der Waals surface area contributed by atoms with Crippen molar-refractivity contribution >= 4 is 16.9 Å². The molecule has 0 aliphatic rings. The Hall–Kier alpha value is -3.54. The summed E-state index contributed by atoms with van der Waals surface area (Å²) in [6.07, 6.45) is 8.65. The van der Waals surface area contributed by atoms with Gasteiger partial charge in [-0.25, -0.2) is 9.98 Å². The predicted molar refractivity (Wildman–Crippen MR) is 123 cm³/mol. The number of rotatable bonds is 8. The second-order valence-corrected chi connectivity index (χ2v) is 7.28. The maximum Gasteiger partial charge on any atom is 0.191 e. The zero-order valence-corrected chi connectivity index (χ0v) is 17.3. The summed E-state index contributed by atoms with van der Waals surface area (Å²) in [7, 11) is 0. The summed E-state index contributed by atoms with van der Waals surface area (Å²) in [5.41, 5.74) is 4.95. The number of aromatic amines is 1. The van der Waals surface area contributed by atoms with Crippen LogP contribution in [0.4, 0.5) is 0 Å². The van der Waals surface area contributed by atoms with Gasteiger partial charge in [0.15, 0.2) is 5.96 Å². The van der Waals surface area contributed by atoms with Crippen LogP contribution in [0.3, 0.4) is 0 Å². The van der Waals surface area contributed by atoms with Crippen LogP contribution in [0.25, 0.3) is 10.9 Å². The van der Waals surface area contributed by atoms with E-state index in [2.05, 4.69) is 86.8 Å². The molecular formula is C24H28N6. The minimum Gasteiger partial charge on any atom is -0.361 e. The van der Waals surface area contributed by atoms with Gasteiger partial charge in [-0.1, -0.05) is 42.5 Å². The van der Waals surface area contributed by atoms with Crippen molar-refractivity contribution in [3.63, 3.8) is 0 Å². The lowest BCUT2D eigenvalue weighted by molar-refractivity contribution is 0.794. The molecule has 2 heterocycles. The van der Waals surface area contributed by atoms with Crippen LogP contribution in [0.5, 0.6) is 0 Å². The van der Waals surface area contributed by atoms with Gasteiger partial charge < -0.3 is 20.2 Å². The first-order valence-corrected chi connectivity index (χ1v) is 10.4. The SMILES string of the molecule is CCNC(=NCc1ccc(Cn2ccnc2)cc1)NCCc1c[nH]c2ccccc12. The molecule has 154 valence electrons. The second-order valence-electron chi connectivity index (χ2n) is 7.28. The first-order chi connectivity index (χ1) is 14.8. The van der Waals surface area contributed by atoms with Gasteiger partial charge in [-0.3, -0.25) is 0 Å². The minimum absolute atomic E-state index is 0.647. The summed E-state index contributed by atoms with van der Waals surface area (Å²) in [6.45, 7) is 5.23. The Morgan fingerprint density at radius 3 is 2.70 bits per heavy atom. The Morgan fingerprint density at radius 1 is 1.07 bits per heavy atom. The fraction of sp³-hybridized carbons (Fsp3) is 0.250. The van der Waals surface area contributed by atoms with Gasteiger partial charge in [0.05, 0.1) is 12.9 Å². The summed E-state index contributed by atoms with van der Waals surface area (Å²) in [6, 6.07) is 17.0. The van der Waals surface area contributed by atoms with E-state index in [4.69, 9.17) is 4.99 Å². The number of hydrogen-bond donors (Lipinski definition) is 3. The molecule has 4 rings (SSSR count). The largest absolute Gasteiger partial charge is 0.361 e. The Bertz CT molecular complexity index is 1080. The van der Waals surface area contributed by atoms with Gasteiger partial charge in [0.2, 0.25) is 0 Å². The van der Waals surface area contributed by atoms with Gasteiger partial charge in [0.1, 0.15) is 0 Å². The summed E-state index contributed by atoms with van der Waals surface area (Å²) >= 11 is 0. The highest BCUT2D eigenvalue weighted by Gasteiger charge is 2.04. The van der Waals surface area contributed by atoms with E-state index < -0.39 is 0 Å². The molecule has 0 amide bonds. The van der Waals surface area contributed by atoms with Crippen LogP contribution in [0.1, 0.15) is 23.6 Å². The molecule has 0 aliphatic heterocycles. The molecule has 0 bridgehead atoms. The van der Waals surface area contributed by atoms with Crippen molar-refractivity contribution < 1.29 is 0 Å². The lowest BCUT2D eigenvalue weighted by Crippen LogP contribution is -2.38. The van der Waals surface area contributed by atoms with Crippen LogP contribution in [0.15, 0.2) is 78.4 Å². The summed E-state index contributed by atoms with van der Waals surface area (Å²) in [5, 5.41) is 8.07. The number of fused-ring (bicyclic) bond motifs is 1.